The van der Waals surface area contributed by atoms with Crippen molar-refractivity contribution in [1.29, 1.82) is 0 Å². The molecule has 1 aromatic carbocycles. The number of aryl methyl sites for hydroxylation is 1. The lowest BCUT2D eigenvalue weighted by molar-refractivity contribution is 0.274. The zero-order valence-corrected chi connectivity index (χ0v) is 11.7. The molecular formula is C14H15BrN2O. The highest BCUT2D eigenvalue weighted by atomic mass is 79.9. The first-order chi connectivity index (χ1) is 8.69. The molecule has 1 atom stereocenters. The summed E-state index contributed by atoms with van der Waals surface area (Å²) in [5.74, 6) is 0. The summed E-state index contributed by atoms with van der Waals surface area (Å²) in [6.45, 7) is 2.04. The molecule has 0 saturated heterocycles. The van der Waals surface area contributed by atoms with Gasteiger partial charge in [0.2, 0.25) is 0 Å². The van der Waals surface area contributed by atoms with Crippen LogP contribution in [-0.2, 0) is 0 Å². The second kappa shape index (κ2) is 5.98. The van der Waals surface area contributed by atoms with Crippen LogP contribution in [0.2, 0.25) is 0 Å². The van der Waals surface area contributed by atoms with E-state index in [9.17, 15) is 5.11 Å². The molecule has 2 rings (SSSR count). The summed E-state index contributed by atoms with van der Waals surface area (Å²) in [5, 5.41) is 12.7. The minimum Gasteiger partial charge on any atom is -0.394 e. The van der Waals surface area contributed by atoms with E-state index >= 15 is 0 Å². The summed E-state index contributed by atoms with van der Waals surface area (Å²) >= 11 is 3.35. The van der Waals surface area contributed by atoms with Crippen LogP contribution in [0.25, 0.3) is 0 Å². The maximum Gasteiger partial charge on any atom is 0.0917 e. The van der Waals surface area contributed by atoms with E-state index in [4.69, 9.17) is 0 Å². The van der Waals surface area contributed by atoms with Crippen molar-refractivity contribution < 1.29 is 5.11 Å². The lowest BCUT2D eigenvalue weighted by Crippen LogP contribution is -2.16. The van der Waals surface area contributed by atoms with Gasteiger partial charge in [-0.25, -0.2) is 0 Å². The molecule has 1 unspecified atom stereocenters. The van der Waals surface area contributed by atoms with Gasteiger partial charge in [-0.3, -0.25) is 4.98 Å². The highest BCUT2D eigenvalue weighted by Crippen LogP contribution is 2.19. The van der Waals surface area contributed by atoms with E-state index in [0.29, 0.717) is 0 Å². The maximum absolute atomic E-state index is 9.47. The first-order valence-electron chi connectivity index (χ1n) is 5.74. The summed E-state index contributed by atoms with van der Waals surface area (Å²) in [5.41, 5.74) is 2.99. The maximum atomic E-state index is 9.47. The van der Waals surface area contributed by atoms with Crippen molar-refractivity contribution in [2.75, 3.05) is 11.9 Å². The van der Waals surface area contributed by atoms with Crippen LogP contribution in [0.4, 0.5) is 5.69 Å². The van der Waals surface area contributed by atoms with Crippen LogP contribution in [0.3, 0.4) is 0 Å². The minimum atomic E-state index is -0.195. The van der Waals surface area contributed by atoms with Gasteiger partial charge in [0, 0.05) is 16.4 Å². The molecule has 0 aliphatic rings. The Labute approximate surface area is 115 Å². The molecule has 1 heterocycles. The molecule has 2 N–H and O–H groups in total. The van der Waals surface area contributed by atoms with Crippen molar-refractivity contribution in [3.8, 4) is 0 Å². The summed E-state index contributed by atoms with van der Waals surface area (Å²) in [6, 6.07) is 11.7. The van der Waals surface area contributed by atoms with Crippen molar-refractivity contribution >= 4 is 21.6 Å². The van der Waals surface area contributed by atoms with Crippen molar-refractivity contribution in [1.82, 2.24) is 4.98 Å². The molecule has 3 nitrogen and oxygen atoms in total. The third-order valence-corrected chi connectivity index (χ3v) is 3.12. The standard InChI is InChI=1S/C14H15BrN2O/c1-10-3-2-4-12(7-10)17-14(9-18)13-6-5-11(15)8-16-13/h2-8,14,17-18H,9H2,1H3. The van der Waals surface area contributed by atoms with Crippen molar-refractivity contribution in [2.45, 2.75) is 13.0 Å². The van der Waals surface area contributed by atoms with Crippen molar-refractivity contribution in [3.63, 3.8) is 0 Å². The molecule has 0 radical (unpaired) electrons. The van der Waals surface area contributed by atoms with E-state index in [1.54, 1.807) is 6.20 Å². The molecule has 2 aromatic rings. The second-order valence-corrected chi connectivity index (χ2v) is 5.07. The molecule has 0 spiro atoms. The fourth-order valence-electron chi connectivity index (χ4n) is 1.74. The quantitative estimate of drug-likeness (QED) is 0.911. The third-order valence-electron chi connectivity index (χ3n) is 2.65. The normalized spacial score (nSPS) is 12.2. The van der Waals surface area contributed by atoms with Gasteiger partial charge in [0.25, 0.3) is 0 Å². The zero-order valence-electron chi connectivity index (χ0n) is 10.1. The Morgan fingerprint density at radius 2 is 2.17 bits per heavy atom. The fourth-order valence-corrected chi connectivity index (χ4v) is 1.98. The molecule has 0 amide bonds. The molecule has 1 aromatic heterocycles. The zero-order chi connectivity index (χ0) is 13.0. The number of benzene rings is 1. The molecular weight excluding hydrogens is 292 g/mol. The van der Waals surface area contributed by atoms with E-state index in [1.807, 2.05) is 43.3 Å². The first-order valence-corrected chi connectivity index (χ1v) is 6.54. The van der Waals surface area contributed by atoms with E-state index in [2.05, 4.69) is 26.2 Å². The molecule has 0 aliphatic carbocycles. The Bertz CT molecular complexity index is 513. The predicted octanol–water partition coefficient (Wildman–Crippen LogP) is 3.30. The number of rotatable bonds is 4. The van der Waals surface area contributed by atoms with Crippen molar-refractivity contribution in [3.05, 3.63) is 58.3 Å². The van der Waals surface area contributed by atoms with Crippen LogP contribution in [0.15, 0.2) is 47.1 Å². The molecule has 0 aliphatic heterocycles. The number of nitrogens with zero attached hydrogens (tertiary/aromatic N) is 1. The van der Waals surface area contributed by atoms with Gasteiger partial charge < -0.3 is 10.4 Å². The highest BCUT2D eigenvalue weighted by Gasteiger charge is 2.11. The molecule has 18 heavy (non-hydrogen) atoms. The van der Waals surface area contributed by atoms with Crippen LogP contribution in [0.1, 0.15) is 17.3 Å². The molecule has 0 saturated carbocycles. The number of anilines is 1. The van der Waals surface area contributed by atoms with Gasteiger partial charge >= 0.3 is 0 Å². The Morgan fingerprint density at radius 1 is 1.33 bits per heavy atom. The Morgan fingerprint density at radius 3 is 2.78 bits per heavy atom. The average Bonchev–Trinajstić information content (AvgIpc) is 2.37. The van der Waals surface area contributed by atoms with Crippen LogP contribution in [0, 0.1) is 6.92 Å². The molecule has 4 heteroatoms. The van der Waals surface area contributed by atoms with E-state index < -0.39 is 0 Å². The topological polar surface area (TPSA) is 45.1 Å². The van der Waals surface area contributed by atoms with Gasteiger partial charge in [0.05, 0.1) is 18.3 Å². The summed E-state index contributed by atoms with van der Waals surface area (Å²) in [4.78, 5) is 4.30. The van der Waals surface area contributed by atoms with E-state index in [-0.39, 0.29) is 12.6 Å². The number of nitrogens with one attached hydrogen (secondary N) is 1. The number of hydrogen-bond donors (Lipinski definition) is 2. The number of hydrogen-bond acceptors (Lipinski definition) is 3. The number of aliphatic hydroxyl groups is 1. The van der Waals surface area contributed by atoms with Gasteiger partial charge in [-0.15, -0.1) is 0 Å². The summed E-state index contributed by atoms with van der Waals surface area (Å²) in [7, 11) is 0. The SMILES string of the molecule is Cc1cccc(NC(CO)c2ccc(Br)cn2)c1. The van der Waals surface area contributed by atoms with Crippen LogP contribution < -0.4 is 5.32 Å². The Balaban J connectivity index is 2.17. The van der Waals surface area contributed by atoms with Gasteiger partial charge in [0.1, 0.15) is 0 Å². The van der Waals surface area contributed by atoms with Crippen molar-refractivity contribution in [2.24, 2.45) is 0 Å². The van der Waals surface area contributed by atoms with Crippen LogP contribution in [-0.4, -0.2) is 16.7 Å². The van der Waals surface area contributed by atoms with Crippen LogP contribution in [0.5, 0.6) is 0 Å². The first kappa shape index (κ1) is 13.1. The van der Waals surface area contributed by atoms with Gasteiger partial charge in [-0.2, -0.15) is 0 Å². The van der Waals surface area contributed by atoms with Gasteiger partial charge in [-0.05, 0) is 52.7 Å². The lowest BCUT2D eigenvalue weighted by Gasteiger charge is -2.17. The molecule has 0 bridgehead atoms. The van der Waals surface area contributed by atoms with Gasteiger partial charge in [0.15, 0.2) is 0 Å². The fraction of sp³-hybridized carbons (Fsp3) is 0.214. The molecule has 94 valence electrons. The summed E-state index contributed by atoms with van der Waals surface area (Å²) in [6.07, 6.45) is 1.73. The van der Waals surface area contributed by atoms with Crippen LogP contribution >= 0.6 is 15.9 Å². The van der Waals surface area contributed by atoms with Gasteiger partial charge in [-0.1, -0.05) is 12.1 Å². The lowest BCUT2D eigenvalue weighted by atomic mass is 10.1. The van der Waals surface area contributed by atoms with E-state index in [0.717, 1.165) is 15.9 Å². The monoisotopic (exact) mass is 306 g/mol. The minimum absolute atomic E-state index is 0.00255. The third kappa shape index (κ3) is 3.31. The number of halogens is 1. The number of pyridine rings is 1. The highest BCUT2D eigenvalue weighted by molar-refractivity contribution is 9.10. The average molecular weight is 307 g/mol. The number of aliphatic hydroxyl groups excluding tert-OH is 1. The smallest absolute Gasteiger partial charge is 0.0917 e. The molecule has 0 fully saturated rings. The Hall–Kier alpha value is -1.39. The predicted molar refractivity (Wildman–Crippen MR) is 76.6 cm³/mol. The Kier molecular flexibility index (Phi) is 4.33. The second-order valence-electron chi connectivity index (χ2n) is 4.15. The largest absolute Gasteiger partial charge is 0.394 e. The summed E-state index contributed by atoms with van der Waals surface area (Å²) < 4.78 is 0.929. The van der Waals surface area contributed by atoms with E-state index in [1.165, 1.54) is 5.56 Å². The number of aromatic nitrogens is 1.